The Morgan fingerprint density at radius 1 is 0.750 bits per heavy atom. The fourth-order valence-corrected chi connectivity index (χ4v) is 0.321. The van der Waals surface area contributed by atoms with E-state index in [0.29, 0.717) is 0 Å². The van der Waals surface area contributed by atoms with Crippen molar-refractivity contribution in [2.45, 2.75) is 0 Å². The van der Waals surface area contributed by atoms with Gasteiger partial charge in [-0.05, 0) is 0 Å². The molecule has 0 spiro atoms. The van der Waals surface area contributed by atoms with Crippen LogP contribution in [0.5, 0.6) is 0 Å². The van der Waals surface area contributed by atoms with Gasteiger partial charge in [0.05, 0.1) is 0 Å². The first-order valence-electron chi connectivity index (χ1n) is 2.17. The van der Waals surface area contributed by atoms with Crippen molar-refractivity contribution in [3.63, 3.8) is 0 Å². The maximum absolute atomic E-state index is 3.00. The van der Waals surface area contributed by atoms with Crippen LogP contribution in [0.4, 0.5) is 0 Å². The molecule has 48 valence electrons. The van der Waals surface area contributed by atoms with E-state index in [1.165, 1.54) is 0 Å². The Morgan fingerprint density at radius 2 is 1.12 bits per heavy atom. The van der Waals surface area contributed by atoms with Crippen LogP contribution in [0.25, 0.3) is 0 Å². The monoisotopic (exact) mass is 152 g/mol. The van der Waals surface area contributed by atoms with E-state index in [2.05, 4.69) is 13.2 Å². The van der Waals surface area contributed by atoms with Crippen molar-refractivity contribution in [2.75, 3.05) is 0 Å². The molecule has 0 atom stereocenters. The van der Waals surface area contributed by atoms with Gasteiger partial charge in [-0.15, -0.1) is 13.2 Å². The summed E-state index contributed by atoms with van der Waals surface area (Å²) in [6.45, 7) is 6.00. The van der Waals surface area contributed by atoms with Crippen molar-refractivity contribution in [2.24, 2.45) is 0 Å². The number of hydrogen-bond acceptors (Lipinski definition) is 0. The van der Waals surface area contributed by atoms with E-state index in [-0.39, 0.29) is 16.5 Å². The van der Waals surface area contributed by atoms with Gasteiger partial charge in [0, 0.05) is 6.42 Å². The Hall–Kier alpha value is -0.286. The van der Waals surface area contributed by atoms with Crippen LogP contribution in [0.15, 0.2) is 37.5 Å². The van der Waals surface area contributed by atoms with Gasteiger partial charge in [0.1, 0.15) is 0 Å². The molecule has 0 aromatic rings. The molecule has 0 amide bonds. The van der Waals surface area contributed by atoms with Crippen LogP contribution >= 0.6 is 0 Å². The van der Waals surface area contributed by atoms with Gasteiger partial charge in [-0.25, -0.2) is 0 Å². The van der Waals surface area contributed by atoms with E-state index in [1.54, 1.807) is 0 Å². The number of hydrogen-bond donors (Lipinski definition) is 0. The quantitative estimate of drug-likeness (QED) is 0.367. The summed E-state index contributed by atoms with van der Waals surface area (Å²) in [6.07, 6.45) is 10.0. The minimum absolute atomic E-state index is 0. The first-order chi connectivity index (χ1) is 3.50. The summed E-state index contributed by atoms with van der Waals surface area (Å²) in [6, 6.07) is 0. The van der Waals surface area contributed by atoms with E-state index >= 15 is 0 Å². The summed E-state index contributed by atoms with van der Waals surface area (Å²) in [5.41, 5.74) is 0. The third kappa shape index (κ3) is 5.71. The zero-order valence-corrected chi connectivity index (χ0v) is 5.68. The van der Waals surface area contributed by atoms with E-state index < -0.39 is 0 Å². The minimum atomic E-state index is 0. The standard InChI is InChI=1S/C5H5.C2H4.Ni.H/c1-2-4-5-3-1;1-2;;/h1-5H;1-2H2;;. The van der Waals surface area contributed by atoms with Crippen LogP contribution in [0.3, 0.4) is 0 Å². The molecule has 1 rings (SSSR count). The molecule has 0 nitrogen and oxygen atoms in total. The molecule has 0 saturated heterocycles. The Bertz CT molecular complexity index is 72.4. The first-order valence-corrected chi connectivity index (χ1v) is 2.17. The van der Waals surface area contributed by atoms with Crippen LogP contribution in [0, 0.1) is 6.42 Å². The Balaban J connectivity index is 0. The summed E-state index contributed by atoms with van der Waals surface area (Å²) >= 11 is 0. The predicted octanol–water partition coefficient (Wildman–Crippen LogP) is 1.85. The van der Waals surface area contributed by atoms with E-state index in [9.17, 15) is 0 Å². The zero-order valence-electron chi connectivity index (χ0n) is 4.63. The van der Waals surface area contributed by atoms with E-state index in [1.807, 2.05) is 30.7 Å². The third-order valence-electron chi connectivity index (χ3n) is 0.556. The van der Waals surface area contributed by atoms with Crippen molar-refractivity contribution in [3.8, 4) is 0 Å². The second-order valence-corrected chi connectivity index (χ2v) is 0.962. The molecule has 0 bridgehead atoms. The molecule has 1 aliphatic carbocycles. The second kappa shape index (κ2) is 9.86. The van der Waals surface area contributed by atoms with Gasteiger partial charge in [0.25, 0.3) is 0 Å². The molecule has 0 unspecified atom stereocenters. The Labute approximate surface area is 60.9 Å². The normalized spacial score (nSPS) is 11.5. The van der Waals surface area contributed by atoms with E-state index in [4.69, 9.17) is 0 Å². The molecule has 0 aromatic carbocycles. The van der Waals surface area contributed by atoms with Gasteiger partial charge in [-0.1, -0.05) is 24.3 Å². The van der Waals surface area contributed by atoms with Gasteiger partial charge < -0.3 is 0 Å². The van der Waals surface area contributed by atoms with Crippen molar-refractivity contribution in [3.05, 3.63) is 43.9 Å². The molecule has 0 aliphatic heterocycles. The van der Waals surface area contributed by atoms with Crippen LogP contribution in [0.1, 0.15) is 0 Å². The molecule has 0 saturated carbocycles. The number of allylic oxidation sites excluding steroid dienone is 4. The van der Waals surface area contributed by atoms with Gasteiger partial charge >= 0.3 is 16.5 Å². The van der Waals surface area contributed by atoms with E-state index in [0.717, 1.165) is 0 Å². The molecule has 8 heavy (non-hydrogen) atoms. The van der Waals surface area contributed by atoms with Crippen LogP contribution < -0.4 is 0 Å². The van der Waals surface area contributed by atoms with Gasteiger partial charge in [0.2, 0.25) is 0 Å². The van der Waals surface area contributed by atoms with Crippen molar-refractivity contribution in [1.82, 2.24) is 0 Å². The number of rotatable bonds is 0. The molecule has 1 radical (unpaired) electrons. The summed E-state index contributed by atoms with van der Waals surface area (Å²) < 4.78 is 0. The van der Waals surface area contributed by atoms with Gasteiger partial charge in [-0.2, -0.15) is 0 Å². The Kier molecular flexibility index (Phi) is 13.1. The SMILES string of the molecule is C=C.[CH]1C=CC=C1.[NiH]. The second-order valence-electron chi connectivity index (χ2n) is 0.962. The molecule has 1 heteroatoms. The average Bonchev–Trinajstić information content (AvgIpc) is 2.23. The summed E-state index contributed by atoms with van der Waals surface area (Å²) in [5, 5.41) is 0. The maximum atomic E-state index is 3.00. The first kappa shape index (κ1) is 10.6. The fourth-order valence-electron chi connectivity index (χ4n) is 0.321. The summed E-state index contributed by atoms with van der Waals surface area (Å²) in [4.78, 5) is 0. The Morgan fingerprint density at radius 3 is 1.25 bits per heavy atom. The molecular weight excluding hydrogens is 143 g/mol. The topological polar surface area (TPSA) is 0 Å². The van der Waals surface area contributed by atoms with Gasteiger partial charge in [0.15, 0.2) is 0 Å². The molecular formula is C7H10Ni. The van der Waals surface area contributed by atoms with Crippen molar-refractivity contribution < 1.29 is 16.5 Å². The third-order valence-corrected chi connectivity index (χ3v) is 0.556. The molecule has 0 fully saturated rings. The van der Waals surface area contributed by atoms with Crippen LogP contribution in [-0.4, -0.2) is 0 Å². The molecule has 0 N–H and O–H groups in total. The average molecular weight is 153 g/mol. The van der Waals surface area contributed by atoms with Crippen molar-refractivity contribution >= 4 is 0 Å². The molecule has 1 aliphatic rings. The molecule has 0 heterocycles. The van der Waals surface area contributed by atoms with Crippen molar-refractivity contribution in [1.29, 1.82) is 0 Å². The zero-order chi connectivity index (χ0) is 5.54. The van der Waals surface area contributed by atoms with Crippen LogP contribution in [-0.2, 0) is 16.5 Å². The summed E-state index contributed by atoms with van der Waals surface area (Å²) in [7, 11) is 0. The molecule has 0 aromatic heterocycles. The fraction of sp³-hybridized carbons (Fsp3) is 0. The van der Waals surface area contributed by atoms with Crippen LogP contribution in [0.2, 0.25) is 0 Å². The van der Waals surface area contributed by atoms with Gasteiger partial charge in [-0.3, -0.25) is 0 Å². The summed E-state index contributed by atoms with van der Waals surface area (Å²) in [5.74, 6) is 0. The predicted molar refractivity (Wildman–Crippen MR) is 35.2 cm³/mol.